The van der Waals surface area contributed by atoms with E-state index in [-0.39, 0.29) is 16.9 Å². The second kappa shape index (κ2) is 5.81. The second-order valence-corrected chi connectivity index (χ2v) is 4.03. The summed E-state index contributed by atoms with van der Waals surface area (Å²) in [5, 5.41) is 11.1. The highest BCUT2D eigenvalue weighted by Gasteiger charge is 2.24. The van der Waals surface area contributed by atoms with Crippen LogP contribution in [0.25, 0.3) is 0 Å². The number of tetrazole rings is 1. The molecule has 0 aliphatic rings. The number of nitrogens with zero attached hydrogens (tertiary/aromatic N) is 5. The summed E-state index contributed by atoms with van der Waals surface area (Å²) in [6, 6.07) is 2.99. The molecule has 0 saturated heterocycles. The summed E-state index contributed by atoms with van der Waals surface area (Å²) >= 11 is 5.66. The molecule has 8 nitrogen and oxygen atoms in total. The van der Waals surface area contributed by atoms with Crippen molar-refractivity contribution < 1.29 is 13.9 Å². The van der Waals surface area contributed by atoms with Gasteiger partial charge in [0.15, 0.2) is 11.0 Å². The van der Waals surface area contributed by atoms with Crippen LogP contribution >= 0.6 is 11.6 Å². The van der Waals surface area contributed by atoms with Crippen molar-refractivity contribution in [2.24, 2.45) is 7.05 Å². The number of rotatable bonds is 5. The van der Waals surface area contributed by atoms with Gasteiger partial charge in [0.2, 0.25) is 0 Å². The molecule has 102 valence electrons. The molecule has 0 aromatic carbocycles. The van der Waals surface area contributed by atoms with Gasteiger partial charge in [0.1, 0.15) is 0 Å². The zero-order chi connectivity index (χ0) is 13.8. The average molecular weight is 286 g/mol. The molecular weight excluding hydrogens is 274 g/mol. The van der Waals surface area contributed by atoms with Gasteiger partial charge in [-0.3, -0.25) is 9.69 Å². The van der Waals surface area contributed by atoms with Crippen molar-refractivity contribution in [3.63, 3.8) is 0 Å². The van der Waals surface area contributed by atoms with Gasteiger partial charge in [0, 0.05) is 14.2 Å². The smallest absolute Gasteiger partial charge is 0.296 e. The van der Waals surface area contributed by atoms with Gasteiger partial charge in [-0.2, -0.15) is 0 Å². The van der Waals surface area contributed by atoms with Crippen LogP contribution in [0.15, 0.2) is 16.5 Å². The third kappa shape index (κ3) is 2.91. The fourth-order valence-electron chi connectivity index (χ4n) is 1.49. The first-order chi connectivity index (χ1) is 9.13. The number of aryl methyl sites for hydroxylation is 1. The van der Waals surface area contributed by atoms with Crippen molar-refractivity contribution in [3.05, 3.63) is 23.1 Å². The second-order valence-electron chi connectivity index (χ2n) is 3.66. The molecule has 0 atom stereocenters. The van der Waals surface area contributed by atoms with Crippen molar-refractivity contribution in [2.75, 3.05) is 25.2 Å². The summed E-state index contributed by atoms with van der Waals surface area (Å²) in [5.74, 6) is 0.0283. The summed E-state index contributed by atoms with van der Waals surface area (Å²) < 4.78 is 11.5. The molecule has 2 aromatic heterocycles. The Morgan fingerprint density at radius 1 is 1.58 bits per heavy atom. The van der Waals surface area contributed by atoms with Crippen LogP contribution in [-0.4, -0.2) is 46.4 Å². The quantitative estimate of drug-likeness (QED) is 0.806. The lowest BCUT2D eigenvalue weighted by molar-refractivity contribution is 0.0946. The SMILES string of the molecule is COCCN(C(=O)c1ccc(Cl)o1)c1nnnn1C. The number of anilines is 1. The first kappa shape index (κ1) is 13.5. The first-order valence-electron chi connectivity index (χ1n) is 5.42. The Labute approximate surface area is 113 Å². The van der Waals surface area contributed by atoms with Crippen molar-refractivity contribution in [1.29, 1.82) is 0 Å². The maximum atomic E-state index is 12.3. The molecule has 2 rings (SSSR count). The monoisotopic (exact) mass is 285 g/mol. The molecule has 0 aliphatic carbocycles. The predicted octanol–water partition coefficient (Wildman–Crippen LogP) is 0.750. The average Bonchev–Trinajstić information content (AvgIpc) is 2.99. The molecule has 9 heteroatoms. The third-order valence-electron chi connectivity index (χ3n) is 2.39. The first-order valence-corrected chi connectivity index (χ1v) is 5.79. The number of methoxy groups -OCH3 is 1. The van der Waals surface area contributed by atoms with Gasteiger partial charge in [-0.1, -0.05) is 5.10 Å². The standard InChI is InChI=1S/C10H12ClN5O3/c1-15-10(12-13-14-15)16(5-6-18-2)9(17)7-3-4-8(11)19-7/h3-4H,5-6H2,1-2H3. The minimum Gasteiger partial charge on any atom is -0.440 e. The maximum Gasteiger partial charge on any atom is 0.296 e. The Hall–Kier alpha value is -1.93. The van der Waals surface area contributed by atoms with Gasteiger partial charge in [0.25, 0.3) is 11.9 Å². The molecule has 0 saturated carbocycles. The fraction of sp³-hybridized carbons (Fsp3) is 0.400. The number of hydrogen-bond acceptors (Lipinski definition) is 6. The van der Waals surface area contributed by atoms with E-state index in [9.17, 15) is 4.79 Å². The molecule has 2 heterocycles. The highest BCUT2D eigenvalue weighted by Crippen LogP contribution is 2.17. The number of furan rings is 1. The number of hydrogen-bond donors (Lipinski definition) is 0. The number of carbonyl (C=O) groups excluding carboxylic acids is 1. The minimum atomic E-state index is -0.387. The lowest BCUT2D eigenvalue weighted by Gasteiger charge is -2.18. The Bertz CT molecular complexity index is 567. The Morgan fingerprint density at radius 2 is 2.37 bits per heavy atom. The largest absolute Gasteiger partial charge is 0.440 e. The Kier molecular flexibility index (Phi) is 4.13. The molecule has 19 heavy (non-hydrogen) atoms. The van der Waals surface area contributed by atoms with Crippen molar-refractivity contribution >= 4 is 23.5 Å². The molecule has 0 unspecified atom stereocenters. The molecule has 1 amide bonds. The topological polar surface area (TPSA) is 86.3 Å². The van der Waals surface area contributed by atoms with Crippen molar-refractivity contribution in [1.82, 2.24) is 20.2 Å². The summed E-state index contributed by atoms with van der Waals surface area (Å²) in [5.41, 5.74) is 0. The van der Waals surface area contributed by atoms with E-state index >= 15 is 0 Å². The highest BCUT2D eigenvalue weighted by molar-refractivity contribution is 6.29. The van der Waals surface area contributed by atoms with E-state index in [1.807, 2.05) is 0 Å². The van der Waals surface area contributed by atoms with E-state index in [1.54, 1.807) is 14.2 Å². The predicted molar refractivity (Wildman–Crippen MR) is 66.1 cm³/mol. The molecule has 0 spiro atoms. The van der Waals surface area contributed by atoms with Crippen LogP contribution in [0, 0.1) is 0 Å². The van der Waals surface area contributed by atoms with Crippen LogP contribution < -0.4 is 4.90 Å². The molecule has 0 bridgehead atoms. The zero-order valence-electron chi connectivity index (χ0n) is 10.4. The molecule has 0 fully saturated rings. The number of carbonyl (C=O) groups is 1. The maximum absolute atomic E-state index is 12.3. The van der Waals surface area contributed by atoms with E-state index in [0.29, 0.717) is 19.1 Å². The van der Waals surface area contributed by atoms with E-state index in [0.717, 1.165) is 0 Å². The molecular formula is C10H12ClN5O3. The normalized spacial score (nSPS) is 10.7. The molecule has 2 aromatic rings. The number of amides is 1. The lowest BCUT2D eigenvalue weighted by atomic mass is 10.4. The van der Waals surface area contributed by atoms with Crippen LogP contribution in [0.2, 0.25) is 5.22 Å². The van der Waals surface area contributed by atoms with Gasteiger partial charge in [-0.05, 0) is 34.2 Å². The van der Waals surface area contributed by atoms with Gasteiger partial charge in [-0.25, -0.2) is 4.68 Å². The summed E-state index contributed by atoms with van der Waals surface area (Å²) in [4.78, 5) is 13.7. The Morgan fingerprint density at radius 3 is 2.89 bits per heavy atom. The molecule has 0 radical (unpaired) electrons. The highest BCUT2D eigenvalue weighted by atomic mass is 35.5. The fourth-order valence-corrected chi connectivity index (χ4v) is 1.64. The number of aromatic nitrogens is 4. The van der Waals surface area contributed by atoms with Crippen molar-refractivity contribution in [2.45, 2.75) is 0 Å². The summed E-state index contributed by atoms with van der Waals surface area (Å²) in [6.07, 6.45) is 0. The summed E-state index contributed by atoms with van der Waals surface area (Å²) in [6.45, 7) is 0.634. The molecule has 0 N–H and O–H groups in total. The van der Waals surface area contributed by atoms with Crippen LogP contribution in [0.3, 0.4) is 0 Å². The van der Waals surface area contributed by atoms with Gasteiger partial charge in [-0.15, -0.1) is 0 Å². The third-order valence-corrected chi connectivity index (χ3v) is 2.59. The van der Waals surface area contributed by atoms with Crippen LogP contribution in [-0.2, 0) is 11.8 Å². The number of ether oxygens (including phenoxy) is 1. The van der Waals surface area contributed by atoms with Gasteiger partial charge >= 0.3 is 0 Å². The minimum absolute atomic E-state index is 0.115. The lowest BCUT2D eigenvalue weighted by Crippen LogP contribution is -2.35. The van der Waals surface area contributed by atoms with E-state index < -0.39 is 0 Å². The van der Waals surface area contributed by atoms with Gasteiger partial charge in [0.05, 0.1) is 13.2 Å². The van der Waals surface area contributed by atoms with E-state index in [2.05, 4.69) is 15.5 Å². The summed E-state index contributed by atoms with van der Waals surface area (Å²) in [7, 11) is 3.18. The number of halogens is 1. The Balaban J connectivity index is 2.27. The van der Waals surface area contributed by atoms with Crippen LogP contribution in [0.5, 0.6) is 0 Å². The van der Waals surface area contributed by atoms with Crippen LogP contribution in [0.4, 0.5) is 5.95 Å². The molecule has 0 aliphatic heterocycles. The van der Waals surface area contributed by atoms with Crippen molar-refractivity contribution in [3.8, 4) is 0 Å². The van der Waals surface area contributed by atoms with E-state index in [1.165, 1.54) is 21.7 Å². The zero-order valence-corrected chi connectivity index (χ0v) is 11.2. The van der Waals surface area contributed by atoms with Crippen LogP contribution in [0.1, 0.15) is 10.6 Å². The van der Waals surface area contributed by atoms with E-state index in [4.69, 9.17) is 20.8 Å². The van der Waals surface area contributed by atoms with Gasteiger partial charge < -0.3 is 9.15 Å².